The Kier molecular flexibility index (Phi) is 9.71. The van der Waals surface area contributed by atoms with Gasteiger partial charge in [0.1, 0.15) is 0 Å². The van der Waals surface area contributed by atoms with Crippen LogP contribution in [0.15, 0.2) is 225 Å². The summed E-state index contributed by atoms with van der Waals surface area (Å²) in [5, 5.41) is 1.14. The molecule has 0 saturated heterocycles. The third-order valence-corrected chi connectivity index (χ3v) is 11.1. The van der Waals surface area contributed by atoms with Crippen molar-refractivity contribution in [2.75, 3.05) is 9.80 Å². The van der Waals surface area contributed by atoms with E-state index in [0.717, 1.165) is 80.5 Å². The van der Waals surface area contributed by atoms with Gasteiger partial charge in [-0.1, -0.05) is 127 Å². The van der Waals surface area contributed by atoms with Crippen LogP contribution in [0.1, 0.15) is 29.7 Å². The predicted octanol–water partition coefficient (Wildman–Crippen LogP) is 14.9. The van der Waals surface area contributed by atoms with Crippen molar-refractivity contribution in [1.82, 2.24) is 9.55 Å². The molecule has 0 saturated carbocycles. The van der Waals surface area contributed by atoms with Gasteiger partial charge in [-0.15, -0.1) is 0 Å². The minimum atomic E-state index is 0.935. The molecule has 2 heterocycles. The number of fused-ring (bicyclic) bond motifs is 3. The smallest absolute Gasteiger partial charge is 0.0802 e. The molecule has 0 aliphatic heterocycles. The Morgan fingerprint density at radius 1 is 0.424 bits per heavy atom. The molecule has 1 aliphatic rings. The molecule has 0 bridgehead atoms. The van der Waals surface area contributed by atoms with Crippen LogP contribution >= 0.6 is 0 Å². The Hall–Kier alpha value is -7.69. The Bertz CT molecular complexity index is 2800. The van der Waals surface area contributed by atoms with E-state index in [-0.39, 0.29) is 0 Å². The largest absolute Gasteiger partial charge is 0.311 e. The number of rotatable bonds is 9. The Balaban J connectivity index is 1.13. The number of para-hydroxylation sites is 5. The van der Waals surface area contributed by atoms with E-state index in [1.165, 1.54) is 16.7 Å². The third kappa shape index (κ3) is 6.91. The van der Waals surface area contributed by atoms with Gasteiger partial charge in [0.05, 0.1) is 16.9 Å². The molecular formula is C55H42N4. The highest BCUT2D eigenvalue weighted by Gasteiger charge is 2.25. The lowest BCUT2D eigenvalue weighted by molar-refractivity contribution is 1.04. The summed E-state index contributed by atoms with van der Waals surface area (Å²) in [6.45, 7) is 0. The fourth-order valence-corrected chi connectivity index (χ4v) is 8.40. The predicted molar refractivity (Wildman–Crippen MR) is 248 cm³/mol. The van der Waals surface area contributed by atoms with Gasteiger partial charge < -0.3 is 14.4 Å². The average Bonchev–Trinajstić information content (AvgIpc) is 3.62. The maximum absolute atomic E-state index is 5.18. The van der Waals surface area contributed by atoms with Crippen LogP contribution in [-0.4, -0.2) is 9.55 Å². The van der Waals surface area contributed by atoms with Crippen molar-refractivity contribution in [3.63, 3.8) is 0 Å². The van der Waals surface area contributed by atoms with Crippen LogP contribution < -0.4 is 9.80 Å². The van der Waals surface area contributed by atoms with E-state index in [2.05, 4.69) is 239 Å². The normalized spacial score (nSPS) is 13.7. The first-order valence-corrected chi connectivity index (χ1v) is 20.3. The second-order valence-corrected chi connectivity index (χ2v) is 14.7. The van der Waals surface area contributed by atoms with Crippen molar-refractivity contribution in [1.29, 1.82) is 0 Å². The van der Waals surface area contributed by atoms with Crippen LogP contribution in [0, 0.1) is 0 Å². The molecule has 0 unspecified atom stereocenters. The van der Waals surface area contributed by atoms with E-state index in [4.69, 9.17) is 4.98 Å². The average molecular weight is 759 g/mol. The topological polar surface area (TPSA) is 24.3 Å². The number of benzene rings is 7. The van der Waals surface area contributed by atoms with Crippen molar-refractivity contribution < 1.29 is 0 Å². The van der Waals surface area contributed by atoms with Gasteiger partial charge in [-0.2, -0.15) is 0 Å². The molecule has 0 spiro atoms. The van der Waals surface area contributed by atoms with Gasteiger partial charge in [0, 0.05) is 62.5 Å². The molecule has 7 aromatic carbocycles. The van der Waals surface area contributed by atoms with Crippen molar-refractivity contribution in [3.05, 3.63) is 241 Å². The molecule has 9 aromatic rings. The van der Waals surface area contributed by atoms with Crippen LogP contribution in [0.2, 0.25) is 0 Å². The number of aromatic nitrogens is 2. The molecule has 4 heteroatoms. The number of anilines is 6. The van der Waals surface area contributed by atoms with Gasteiger partial charge in [-0.25, -0.2) is 0 Å². The molecule has 1 aliphatic carbocycles. The van der Waals surface area contributed by atoms with E-state index in [1.54, 1.807) is 0 Å². The molecule has 0 amide bonds. The molecule has 0 fully saturated rings. The Labute approximate surface area is 345 Å². The van der Waals surface area contributed by atoms with Gasteiger partial charge in [0.25, 0.3) is 0 Å². The molecule has 0 radical (unpaired) electrons. The van der Waals surface area contributed by atoms with E-state index in [1.807, 2.05) is 6.20 Å². The van der Waals surface area contributed by atoms with Crippen LogP contribution in [0.4, 0.5) is 34.1 Å². The molecule has 10 rings (SSSR count). The van der Waals surface area contributed by atoms with Gasteiger partial charge in [0.15, 0.2) is 0 Å². The van der Waals surface area contributed by atoms with E-state index in [9.17, 15) is 0 Å². The third-order valence-electron chi connectivity index (χ3n) is 11.1. The zero-order valence-corrected chi connectivity index (χ0v) is 32.6. The molecule has 0 atom stereocenters. The molecule has 282 valence electrons. The molecule has 0 N–H and O–H groups in total. The van der Waals surface area contributed by atoms with Crippen LogP contribution in [0.25, 0.3) is 39.5 Å². The standard InChI is InChI=1S/C55H42N4/c1-7-19-43(20-8-1)57(44-21-9-2-10-22-44)48-35-31-41(32-36-48)50-29-17-6-18-30-51-53(50)54-52(59(51)47-27-15-5-16-28-47)39-40-56-55(54)42-33-37-49(38-34-42)58(45-23-11-3-12-24-45)46-25-13-4-14-26-46/h1-5,7-16,18-40H,6,17H2/b30-18-,50-29-. The highest BCUT2D eigenvalue weighted by Crippen LogP contribution is 2.44. The zero-order chi connectivity index (χ0) is 39.4. The minimum Gasteiger partial charge on any atom is -0.311 e. The maximum atomic E-state index is 5.18. The minimum absolute atomic E-state index is 0.935. The summed E-state index contributed by atoms with van der Waals surface area (Å²) < 4.78 is 2.41. The summed E-state index contributed by atoms with van der Waals surface area (Å²) in [5.74, 6) is 0. The Morgan fingerprint density at radius 3 is 1.36 bits per heavy atom. The number of hydrogen-bond donors (Lipinski definition) is 0. The summed E-state index contributed by atoms with van der Waals surface area (Å²) >= 11 is 0. The lowest BCUT2D eigenvalue weighted by Crippen LogP contribution is -2.09. The highest BCUT2D eigenvalue weighted by molar-refractivity contribution is 6.08. The first kappa shape index (κ1) is 35.7. The van der Waals surface area contributed by atoms with E-state index < -0.39 is 0 Å². The first-order valence-electron chi connectivity index (χ1n) is 20.3. The van der Waals surface area contributed by atoms with Gasteiger partial charge >= 0.3 is 0 Å². The molecule has 2 aromatic heterocycles. The molecule has 4 nitrogen and oxygen atoms in total. The lowest BCUT2D eigenvalue weighted by Gasteiger charge is -2.26. The zero-order valence-electron chi connectivity index (χ0n) is 32.6. The van der Waals surface area contributed by atoms with Crippen LogP contribution in [0.5, 0.6) is 0 Å². The van der Waals surface area contributed by atoms with Crippen molar-refractivity contribution in [3.8, 4) is 16.9 Å². The van der Waals surface area contributed by atoms with Gasteiger partial charge in [-0.3, -0.25) is 4.98 Å². The van der Waals surface area contributed by atoms with Crippen LogP contribution in [0.3, 0.4) is 0 Å². The summed E-state index contributed by atoms with van der Waals surface area (Å²) in [6.07, 6.45) is 10.9. The van der Waals surface area contributed by atoms with Crippen LogP contribution in [-0.2, 0) is 0 Å². The molecular weight excluding hydrogens is 717 g/mol. The number of pyridine rings is 1. The summed E-state index contributed by atoms with van der Waals surface area (Å²) in [7, 11) is 0. The monoisotopic (exact) mass is 758 g/mol. The maximum Gasteiger partial charge on any atom is 0.0802 e. The second kappa shape index (κ2) is 16.0. The summed E-state index contributed by atoms with van der Waals surface area (Å²) in [5.41, 5.74) is 15.6. The van der Waals surface area contributed by atoms with Crippen molar-refractivity contribution in [2.24, 2.45) is 0 Å². The lowest BCUT2D eigenvalue weighted by atomic mass is 9.90. The van der Waals surface area contributed by atoms with E-state index >= 15 is 0 Å². The SMILES string of the molecule is C1=C\c2c(c3c(-c4ccc(N(c5ccccc5)c5ccccc5)cc4)nccc3n2-c2ccccc2)/C(c2ccc(N(c3ccccc3)c3ccccc3)cc2)=C\CC/1. The van der Waals surface area contributed by atoms with Gasteiger partial charge in [0.2, 0.25) is 0 Å². The number of nitrogens with zero attached hydrogens (tertiary/aromatic N) is 4. The first-order chi connectivity index (χ1) is 29.3. The molecule has 59 heavy (non-hydrogen) atoms. The summed E-state index contributed by atoms with van der Waals surface area (Å²) in [6, 6.07) is 73.1. The second-order valence-electron chi connectivity index (χ2n) is 14.7. The fourth-order valence-electron chi connectivity index (χ4n) is 8.40. The highest BCUT2D eigenvalue weighted by atomic mass is 15.1. The number of allylic oxidation sites excluding steroid dienone is 2. The van der Waals surface area contributed by atoms with Crippen molar-refractivity contribution in [2.45, 2.75) is 12.8 Å². The van der Waals surface area contributed by atoms with Gasteiger partial charge in [-0.05, 0) is 121 Å². The van der Waals surface area contributed by atoms with Crippen molar-refractivity contribution >= 4 is 56.7 Å². The number of hydrogen-bond acceptors (Lipinski definition) is 3. The van der Waals surface area contributed by atoms with E-state index in [0.29, 0.717) is 0 Å². The Morgan fingerprint density at radius 2 is 0.864 bits per heavy atom. The summed E-state index contributed by atoms with van der Waals surface area (Å²) in [4.78, 5) is 9.80. The quantitative estimate of drug-likeness (QED) is 0.146. The fraction of sp³-hybridized carbons (Fsp3) is 0.0364.